The highest BCUT2D eigenvalue weighted by atomic mass is 19.4. The number of aryl methyl sites for hydroxylation is 4. The molecule has 0 radical (unpaired) electrons. The van der Waals surface area contributed by atoms with E-state index >= 15 is 0 Å². The number of hydrogen-bond acceptors (Lipinski definition) is 1. The van der Waals surface area contributed by atoms with E-state index in [0.29, 0.717) is 52.1 Å². The SMILES string of the molecule is [C-]#[N+]c1ccc(-c2ccc(-c3ccc(C(F)(F)F)cc3C#N)cc2-n2c3ccc(-c4ccc(C)cc4C)cc3c3cc(-c4ccc(C)cc4C)ccc32)c(-n2c3ccc(-c4ccc(C(F)(F)F)cc4C(F)(F)F)cc3c3cc(-c4ccc(C(F)(F)F)cc4C(F)(F)F)ccc32)c1. The molecule has 96 heavy (non-hydrogen) atoms. The third kappa shape index (κ3) is 11.3. The van der Waals surface area contributed by atoms with E-state index in [1.54, 1.807) is 28.8 Å². The van der Waals surface area contributed by atoms with Crippen LogP contribution in [0.2, 0.25) is 0 Å². The smallest absolute Gasteiger partial charge is 0.310 e. The van der Waals surface area contributed by atoms with Crippen molar-refractivity contribution in [2.75, 3.05) is 0 Å². The van der Waals surface area contributed by atoms with E-state index in [1.807, 2.05) is 86.9 Å². The van der Waals surface area contributed by atoms with Crippen LogP contribution in [-0.4, -0.2) is 9.13 Å². The molecule has 0 aliphatic heterocycles. The van der Waals surface area contributed by atoms with Gasteiger partial charge in [0.2, 0.25) is 0 Å². The number of fused-ring (bicyclic) bond motifs is 6. The highest BCUT2D eigenvalue weighted by molar-refractivity contribution is 6.14. The zero-order chi connectivity index (χ0) is 68.5. The Morgan fingerprint density at radius 1 is 0.323 bits per heavy atom. The molecule has 19 heteroatoms. The highest BCUT2D eigenvalue weighted by Crippen LogP contribution is 2.50. The Hall–Kier alpha value is -11.1. The van der Waals surface area contributed by atoms with Gasteiger partial charge in [-0.3, -0.25) is 0 Å². The van der Waals surface area contributed by atoms with Gasteiger partial charge < -0.3 is 9.13 Å². The second-order valence-electron chi connectivity index (χ2n) is 23.7. The van der Waals surface area contributed by atoms with Gasteiger partial charge in [0.05, 0.1) is 73.8 Å². The van der Waals surface area contributed by atoms with E-state index in [-0.39, 0.29) is 73.1 Å². The number of alkyl halides is 15. The van der Waals surface area contributed by atoms with E-state index < -0.39 is 69.8 Å². The summed E-state index contributed by atoms with van der Waals surface area (Å²) in [4.78, 5) is 3.74. The Morgan fingerprint density at radius 2 is 0.646 bits per heavy atom. The number of benzene rings is 11. The average Bonchev–Trinajstić information content (AvgIpc) is 1.55. The normalized spacial score (nSPS) is 12.5. The zero-order valence-electron chi connectivity index (χ0n) is 50.5. The first-order valence-corrected chi connectivity index (χ1v) is 29.5. The van der Waals surface area contributed by atoms with Crippen molar-refractivity contribution in [2.45, 2.75) is 58.6 Å². The van der Waals surface area contributed by atoms with E-state index in [4.69, 9.17) is 6.57 Å². The molecule has 0 aliphatic rings. The molecule has 0 spiro atoms. The van der Waals surface area contributed by atoms with Crippen molar-refractivity contribution in [3.05, 3.63) is 267 Å². The van der Waals surface area contributed by atoms with Crippen molar-refractivity contribution < 1.29 is 65.9 Å². The molecular formula is C77H45F15N4. The molecule has 4 nitrogen and oxygen atoms in total. The molecule has 0 aliphatic carbocycles. The van der Waals surface area contributed by atoms with Crippen molar-refractivity contribution in [3.63, 3.8) is 0 Å². The van der Waals surface area contributed by atoms with Crippen LogP contribution in [0.5, 0.6) is 0 Å². The van der Waals surface area contributed by atoms with Crippen LogP contribution in [0.3, 0.4) is 0 Å². The Morgan fingerprint density at radius 3 is 1.01 bits per heavy atom. The molecule has 13 aromatic rings. The van der Waals surface area contributed by atoms with E-state index in [1.165, 1.54) is 54.6 Å². The van der Waals surface area contributed by atoms with Crippen molar-refractivity contribution in [1.29, 1.82) is 5.26 Å². The minimum atomic E-state index is -5.37. The van der Waals surface area contributed by atoms with Gasteiger partial charge in [-0.15, -0.1) is 0 Å². The van der Waals surface area contributed by atoms with Crippen molar-refractivity contribution in [3.8, 4) is 84.2 Å². The van der Waals surface area contributed by atoms with Gasteiger partial charge in [-0.05, 0) is 192 Å². The Kier molecular flexibility index (Phi) is 15.2. The summed E-state index contributed by atoms with van der Waals surface area (Å²) in [5.74, 6) is 0. The Balaban J connectivity index is 1.13. The van der Waals surface area contributed by atoms with Crippen LogP contribution in [0.25, 0.3) is 127 Å². The lowest BCUT2D eigenvalue weighted by Gasteiger charge is -2.21. The zero-order valence-corrected chi connectivity index (χ0v) is 50.5. The largest absolute Gasteiger partial charge is 0.417 e. The van der Waals surface area contributed by atoms with Gasteiger partial charge in [0.25, 0.3) is 0 Å². The summed E-state index contributed by atoms with van der Waals surface area (Å²) in [6.45, 7) is 16.3. The average molecular weight is 1310 g/mol. The first kappa shape index (κ1) is 63.7. The topological polar surface area (TPSA) is 38.0 Å². The summed E-state index contributed by atoms with van der Waals surface area (Å²) in [6, 6.07) is 48.0. The third-order valence-corrected chi connectivity index (χ3v) is 17.5. The molecule has 0 amide bonds. The molecule has 2 aromatic heterocycles. The van der Waals surface area contributed by atoms with Gasteiger partial charge in [0, 0.05) is 38.4 Å². The molecule has 0 atom stereocenters. The van der Waals surface area contributed by atoms with Crippen LogP contribution < -0.4 is 0 Å². The van der Waals surface area contributed by atoms with E-state index in [9.17, 15) is 71.1 Å². The number of nitriles is 1. The fourth-order valence-corrected chi connectivity index (χ4v) is 13.1. The maximum absolute atomic E-state index is 15.0. The van der Waals surface area contributed by atoms with Crippen molar-refractivity contribution in [2.24, 2.45) is 0 Å². The van der Waals surface area contributed by atoms with E-state index in [2.05, 4.69) is 29.1 Å². The Labute approximate surface area is 537 Å². The molecule has 0 saturated heterocycles. The van der Waals surface area contributed by atoms with Gasteiger partial charge in [0.15, 0.2) is 5.69 Å². The quantitative estimate of drug-likeness (QED) is 0.110. The first-order valence-electron chi connectivity index (χ1n) is 29.5. The van der Waals surface area contributed by atoms with E-state index in [0.717, 1.165) is 67.4 Å². The third-order valence-electron chi connectivity index (χ3n) is 17.5. The fourth-order valence-electron chi connectivity index (χ4n) is 13.1. The summed E-state index contributed by atoms with van der Waals surface area (Å²) in [5, 5.41) is 12.0. The monoisotopic (exact) mass is 1310 g/mol. The number of aromatic nitrogens is 2. The Bertz CT molecular complexity index is 5240. The summed E-state index contributed by atoms with van der Waals surface area (Å²) in [5.41, 5.74) is 0.875. The fraction of sp³-hybridized carbons (Fsp3) is 0.117. The summed E-state index contributed by atoms with van der Waals surface area (Å²) in [6.07, 6.45) is -25.9. The summed E-state index contributed by atoms with van der Waals surface area (Å²) >= 11 is 0. The number of rotatable bonds is 8. The van der Waals surface area contributed by atoms with Gasteiger partial charge in [-0.25, -0.2) is 4.85 Å². The minimum absolute atomic E-state index is 0.000508. The van der Waals surface area contributed by atoms with Gasteiger partial charge in [-0.1, -0.05) is 114 Å². The lowest BCUT2D eigenvalue weighted by atomic mass is 9.93. The van der Waals surface area contributed by atoms with Gasteiger partial charge in [0.1, 0.15) is 0 Å². The van der Waals surface area contributed by atoms with Crippen molar-refractivity contribution in [1.82, 2.24) is 9.13 Å². The van der Waals surface area contributed by atoms with Crippen LogP contribution in [-0.2, 0) is 30.9 Å². The molecule has 0 saturated carbocycles. The van der Waals surface area contributed by atoms with Gasteiger partial charge >= 0.3 is 30.9 Å². The summed E-state index contributed by atoms with van der Waals surface area (Å²) < 4.78 is 221. The second kappa shape index (κ2) is 22.9. The number of halogens is 15. The second-order valence-corrected chi connectivity index (χ2v) is 23.7. The predicted octanol–water partition coefficient (Wildman–Crippen LogP) is 24.6. The highest BCUT2D eigenvalue weighted by Gasteiger charge is 2.41. The molecule has 2 heterocycles. The van der Waals surface area contributed by atoms with Crippen molar-refractivity contribution >= 4 is 49.3 Å². The first-order chi connectivity index (χ1) is 45.3. The molecule has 0 fully saturated rings. The molecule has 0 bridgehead atoms. The number of nitrogens with zero attached hydrogens (tertiary/aromatic N) is 4. The molecular weight excluding hydrogens is 1270 g/mol. The molecule has 0 N–H and O–H groups in total. The predicted molar refractivity (Wildman–Crippen MR) is 343 cm³/mol. The van der Waals surface area contributed by atoms with Crippen LogP contribution in [0.1, 0.15) is 55.6 Å². The van der Waals surface area contributed by atoms with Crippen LogP contribution in [0.15, 0.2) is 200 Å². The lowest BCUT2D eigenvalue weighted by Crippen LogP contribution is -2.12. The molecule has 13 rings (SSSR count). The molecule has 478 valence electrons. The number of hydrogen-bond donors (Lipinski definition) is 0. The van der Waals surface area contributed by atoms with Crippen LogP contribution in [0.4, 0.5) is 71.5 Å². The maximum atomic E-state index is 15.0. The van der Waals surface area contributed by atoms with Gasteiger partial charge in [-0.2, -0.15) is 71.1 Å². The van der Waals surface area contributed by atoms with Crippen LogP contribution in [0, 0.1) is 45.6 Å². The lowest BCUT2D eigenvalue weighted by molar-refractivity contribution is -0.144. The molecule has 11 aromatic carbocycles. The standard InChI is InChI=1S/C77H45F15N4/c1-40-6-17-54(42(3)28-40)44-9-24-67-61(31-44)62-32-45(55-18-7-41(2)29-43(55)4)10-25-68(62)95(67)71-35-48(56-20-13-50(73(78,79)80)30-49(56)39-93)8-19-59(71)60-23-16-53(94-5)38-72(60)96-69-26-11-46(57-21-14-51(74(81,82)83)36-65(57)76(87,88)89)33-63(69)64-34-47(12-27-70(64)96)58-22-15-52(75(84,85)86)37-66(58)77(90,91)92/h6-38H,1-4H3. The summed E-state index contributed by atoms with van der Waals surface area (Å²) in [7, 11) is 0. The minimum Gasteiger partial charge on any atom is -0.310 e. The molecule has 0 unspecified atom stereocenters. The maximum Gasteiger partial charge on any atom is 0.417 e. The van der Waals surface area contributed by atoms with Crippen LogP contribution >= 0.6 is 0 Å².